The number of nitrogens with zero attached hydrogens (tertiary/aromatic N) is 2. The number of carbonyl (C=O) groups is 2. The topological polar surface area (TPSA) is 85.3 Å². The van der Waals surface area contributed by atoms with E-state index in [1.807, 2.05) is 31.2 Å². The molecule has 0 unspecified atom stereocenters. The Bertz CT molecular complexity index is 1090. The van der Waals surface area contributed by atoms with Crippen molar-refractivity contribution in [2.45, 2.75) is 6.92 Å². The van der Waals surface area contributed by atoms with Crippen molar-refractivity contribution in [2.24, 2.45) is 7.05 Å². The molecule has 0 atom stereocenters. The lowest BCUT2D eigenvalue weighted by molar-refractivity contribution is -0.118. The SMILES string of the molecule is Cc1nn(C)c(NC(=O)c2ccc3c(c2)NC(=O)CO3)c1-c1ccc(Br)cc1. The molecule has 0 bridgehead atoms. The number of fused-ring (bicyclic) bond motifs is 1. The van der Waals surface area contributed by atoms with E-state index in [9.17, 15) is 9.59 Å². The van der Waals surface area contributed by atoms with Crippen LogP contribution in [-0.4, -0.2) is 28.2 Å². The van der Waals surface area contributed by atoms with Crippen molar-refractivity contribution in [1.82, 2.24) is 9.78 Å². The molecule has 0 saturated heterocycles. The molecule has 2 aromatic carbocycles. The maximum absolute atomic E-state index is 12.9. The Labute approximate surface area is 169 Å². The molecule has 4 rings (SSSR count). The zero-order valence-electron chi connectivity index (χ0n) is 15.2. The average molecular weight is 441 g/mol. The van der Waals surface area contributed by atoms with Gasteiger partial charge < -0.3 is 15.4 Å². The van der Waals surface area contributed by atoms with Gasteiger partial charge in [0.25, 0.3) is 11.8 Å². The highest BCUT2D eigenvalue weighted by Crippen LogP contribution is 2.33. The van der Waals surface area contributed by atoms with Crippen LogP contribution in [0.3, 0.4) is 0 Å². The Morgan fingerprint density at radius 2 is 2.00 bits per heavy atom. The molecule has 1 aliphatic rings. The van der Waals surface area contributed by atoms with E-state index in [0.717, 1.165) is 21.3 Å². The van der Waals surface area contributed by atoms with E-state index in [0.29, 0.717) is 22.8 Å². The minimum Gasteiger partial charge on any atom is -0.482 e. The number of amides is 2. The largest absolute Gasteiger partial charge is 0.482 e. The molecule has 0 radical (unpaired) electrons. The maximum atomic E-state index is 12.9. The summed E-state index contributed by atoms with van der Waals surface area (Å²) in [4.78, 5) is 24.4. The van der Waals surface area contributed by atoms with E-state index in [4.69, 9.17) is 4.74 Å². The molecule has 0 spiro atoms. The summed E-state index contributed by atoms with van der Waals surface area (Å²) in [6, 6.07) is 12.8. The molecule has 0 aliphatic carbocycles. The van der Waals surface area contributed by atoms with Crippen LogP contribution in [0.15, 0.2) is 46.9 Å². The van der Waals surface area contributed by atoms with E-state index >= 15 is 0 Å². The molecule has 2 N–H and O–H groups in total. The molecule has 2 heterocycles. The summed E-state index contributed by atoms with van der Waals surface area (Å²) < 4.78 is 7.96. The Hall–Kier alpha value is -3.13. The Morgan fingerprint density at radius 3 is 2.75 bits per heavy atom. The minimum absolute atomic E-state index is 0.0244. The van der Waals surface area contributed by atoms with E-state index < -0.39 is 0 Å². The van der Waals surface area contributed by atoms with Crippen molar-refractivity contribution >= 4 is 39.2 Å². The second-order valence-corrected chi connectivity index (χ2v) is 7.36. The third kappa shape index (κ3) is 3.38. The highest BCUT2D eigenvalue weighted by atomic mass is 79.9. The summed E-state index contributed by atoms with van der Waals surface area (Å²) in [7, 11) is 1.78. The predicted octanol–water partition coefficient (Wildman–Crippen LogP) is 3.74. The monoisotopic (exact) mass is 440 g/mol. The van der Waals surface area contributed by atoms with E-state index in [-0.39, 0.29) is 18.4 Å². The molecule has 2 amide bonds. The smallest absolute Gasteiger partial charge is 0.262 e. The number of carbonyl (C=O) groups excluding carboxylic acids is 2. The lowest BCUT2D eigenvalue weighted by Gasteiger charge is -2.18. The molecule has 28 heavy (non-hydrogen) atoms. The number of anilines is 2. The van der Waals surface area contributed by atoms with Gasteiger partial charge in [0.1, 0.15) is 11.6 Å². The number of benzene rings is 2. The molecule has 142 valence electrons. The lowest BCUT2D eigenvalue weighted by atomic mass is 10.1. The number of halogens is 1. The quantitative estimate of drug-likeness (QED) is 0.649. The summed E-state index contributed by atoms with van der Waals surface area (Å²) in [6.07, 6.45) is 0. The van der Waals surface area contributed by atoms with Crippen LogP contribution in [0.4, 0.5) is 11.5 Å². The van der Waals surface area contributed by atoms with Gasteiger partial charge in [0.2, 0.25) is 0 Å². The zero-order valence-corrected chi connectivity index (χ0v) is 16.8. The fourth-order valence-corrected chi connectivity index (χ4v) is 3.43. The van der Waals surface area contributed by atoms with Crippen LogP contribution in [0.2, 0.25) is 0 Å². The van der Waals surface area contributed by atoms with Crippen LogP contribution in [0, 0.1) is 6.92 Å². The van der Waals surface area contributed by atoms with Gasteiger partial charge in [0, 0.05) is 22.6 Å². The first-order valence-corrected chi connectivity index (χ1v) is 9.39. The number of hydrogen-bond acceptors (Lipinski definition) is 4. The number of rotatable bonds is 3. The molecule has 1 aromatic heterocycles. The molecule has 8 heteroatoms. The van der Waals surface area contributed by atoms with Crippen molar-refractivity contribution in [1.29, 1.82) is 0 Å². The highest BCUT2D eigenvalue weighted by molar-refractivity contribution is 9.10. The first kappa shape index (κ1) is 18.2. The molecular weight excluding hydrogens is 424 g/mol. The summed E-state index contributed by atoms with van der Waals surface area (Å²) in [5.41, 5.74) is 3.52. The first-order valence-electron chi connectivity index (χ1n) is 8.60. The van der Waals surface area contributed by atoms with E-state index in [1.54, 1.807) is 29.9 Å². The molecule has 0 fully saturated rings. The number of ether oxygens (including phenoxy) is 1. The van der Waals surface area contributed by atoms with Gasteiger partial charge in [-0.15, -0.1) is 0 Å². The van der Waals surface area contributed by atoms with Gasteiger partial charge in [0.15, 0.2) is 6.61 Å². The fraction of sp³-hybridized carbons (Fsp3) is 0.150. The number of aryl methyl sites for hydroxylation is 2. The molecule has 1 aliphatic heterocycles. The van der Waals surface area contributed by atoms with Crippen LogP contribution < -0.4 is 15.4 Å². The fourth-order valence-electron chi connectivity index (χ4n) is 3.17. The van der Waals surface area contributed by atoms with E-state index in [1.165, 1.54) is 0 Å². The van der Waals surface area contributed by atoms with Gasteiger partial charge in [-0.05, 0) is 42.8 Å². The summed E-state index contributed by atoms with van der Waals surface area (Å²) >= 11 is 3.43. The average Bonchev–Trinajstić information content (AvgIpc) is 2.95. The zero-order chi connectivity index (χ0) is 19.8. The van der Waals surface area contributed by atoms with Crippen molar-refractivity contribution in [3.8, 4) is 16.9 Å². The number of nitrogens with one attached hydrogen (secondary N) is 2. The second-order valence-electron chi connectivity index (χ2n) is 6.44. The Morgan fingerprint density at radius 1 is 1.25 bits per heavy atom. The van der Waals surface area contributed by atoms with Crippen LogP contribution in [0.1, 0.15) is 16.1 Å². The molecule has 3 aromatic rings. The van der Waals surface area contributed by atoms with Crippen LogP contribution >= 0.6 is 15.9 Å². The standard InChI is InChI=1S/C20H17BrN4O3/c1-11-18(12-3-6-14(21)7-4-12)19(25(2)24-11)23-20(27)13-5-8-16-15(9-13)22-17(26)10-28-16/h3-9H,10H2,1-2H3,(H,22,26)(H,23,27). The normalized spacial score (nSPS) is 12.8. The van der Waals surface area contributed by atoms with Crippen LogP contribution in [0.25, 0.3) is 11.1 Å². The minimum atomic E-state index is -0.302. The third-order valence-corrected chi connectivity index (χ3v) is 4.99. The van der Waals surface area contributed by atoms with Crippen molar-refractivity contribution < 1.29 is 14.3 Å². The predicted molar refractivity (Wildman–Crippen MR) is 110 cm³/mol. The highest BCUT2D eigenvalue weighted by Gasteiger charge is 2.21. The molecular formula is C20H17BrN4O3. The van der Waals surface area contributed by atoms with Gasteiger partial charge in [-0.25, -0.2) is 0 Å². The van der Waals surface area contributed by atoms with Gasteiger partial charge in [-0.3, -0.25) is 14.3 Å². The Kier molecular flexibility index (Phi) is 4.64. The van der Waals surface area contributed by atoms with Crippen LogP contribution in [-0.2, 0) is 11.8 Å². The summed E-state index contributed by atoms with van der Waals surface area (Å²) in [5.74, 6) is 0.597. The van der Waals surface area contributed by atoms with E-state index in [2.05, 4.69) is 31.7 Å². The van der Waals surface area contributed by atoms with Gasteiger partial charge in [-0.2, -0.15) is 5.10 Å². The number of aromatic nitrogens is 2. The first-order chi connectivity index (χ1) is 13.4. The molecule has 0 saturated carbocycles. The van der Waals surface area contributed by atoms with Gasteiger partial charge in [-0.1, -0.05) is 28.1 Å². The molecule has 7 nitrogen and oxygen atoms in total. The van der Waals surface area contributed by atoms with Crippen LogP contribution in [0.5, 0.6) is 5.75 Å². The summed E-state index contributed by atoms with van der Waals surface area (Å²) in [5, 5.41) is 10.1. The van der Waals surface area contributed by atoms with Crippen molar-refractivity contribution in [3.05, 3.63) is 58.2 Å². The number of hydrogen-bond donors (Lipinski definition) is 2. The van der Waals surface area contributed by atoms with Crippen molar-refractivity contribution in [3.63, 3.8) is 0 Å². The van der Waals surface area contributed by atoms with Crippen molar-refractivity contribution in [2.75, 3.05) is 17.2 Å². The maximum Gasteiger partial charge on any atom is 0.262 e. The second kappa shape index (κ2) is 7.12. The summed E-state index contributed by atoms with van der Waals surface area (Å²) in [6.45, 7) is 1.88. The Balaban J connectivity index is 1.66. The lowest BCUT2D eigenvalue weighted by Crippen LogP contribution is -2.25. The van der Waals surface area contributed by atoms with Gasteiger partial charge in [0.05, 0.1) is 11.4 Å². The van der Waals surface area contributed by atoms with Gasteiger partial charge >= 0.3 is 0 Å². The third-order valence-electron chi connectivity index (χ3n) is 4.46.